The van der Waals surface area contributed by atoms with E-state index in [0.717, 1.165) is 11.4 Å². The van der Waals surface area contributed by atoms with E-state index in [1.807, 2.05) is 14.0 Å². The van der Waals surface area contributed by atoms with Crippen molar-refractivity contribution >= 4 is 17.2 Å². The van der Waals surface area contributed by atoms with E-state index in [-0.39, 0.29) is 5.69 Å². The molecule has 0 unspecified atom stereocenters. The lowest BCUT2D eigenvalue weighted by Gasteiger charge is -2.04. The van der Waals surface area contributed by atoms with Gasteiger partial charge in [0, 0.05) is 25.0 Å². The van der Waals surface area contributed by atoms with Gasteiger partial charge in [-0.3, -0.25) is 14.8 Å². The Labute approximate surface area is 104 Å². The minimum absolute atomic E-state index is 0.0500. The molecule has 94 valence electrons. The molecule has 0 saturated heterocycles. The average Bonchev–Trinajstić information content (AvgIpc) is 2.60. The molecule has 7 nitrogen and oxygen atoms in total. The van der Waals surface area contributed by atoms with E-state index in [2.05, 4.69) is 15.4 Å². The summed E-state index contributed by atoms with van der Waals surface area (Å²) in [5, 5.41) is 18.0. The molecule has 0 aliphatic heterocycles. The molecule has 1 N–H and O–H groups in total. The number of anilines is 2. The Hall–Kier alpha value is -2.44. The highest BCUT2D eigenvalue weighted by atomic mass is 16.6. The van der Waals surface area contributed by atoms with Gasteiger partial charge in [0.15, 0.2) is 0 Å². The number of aryl methyl sites for hydroxylation is 3. The Morgan fingerprint density at radius 2 is 2.17 bits per heavy atom. The van der Waals surface area contributed by atoms with Crippen LogP contribution < -0.4 is 5.32 Å². The Morgan fingerprint density at radius 3 is 2.72 bits per heavy atom. The third kappa shape index (κ3) is 2.29. The maximum atomic E-state index is 10.8. The van der Waals surface area contributed by atoms with Crippen molar-refractivity contribution in [3.8, 4) is 0 Å². The van der Waals surface area contributed by atoms with E-state index in [9.17, 15) is 10.1 Å². The van der Waals surface area contributed by atoms with E-state index in [1.54, 1.807) is 17.8 Å². The van der Waals surface area contributed by atoms with Crippen LogP contribution in [0.3, 0.4) is 0 Å². The second-order valence-electron chi connectivity index (χ2n) is 4.04. The monoisotopic (exact) mass is 247 g/mol. The molecule has 7 heteroatoms. The van der Waals surface area contributed by atoms with E-state index < -0.39 is 4.92 Å². The summed E-state index contributed by atoms with van der Waals surface area (Å²) in [5.41, 5.74) is 2.17. The maximum Gasteiger partial charge on any atom is 0.277 e. The molecule has 18 heavy (non-hydrogen) atoms. The third-order valence-corrected chi connectivity index (χ3v) is 2.55. The van der Waals surface area contributed by atoms with Gasteiger partial charge in [-0.15, -0.1) is 0 Å². The lowest BCUT2D eigenvalue weighted by Crippen LogP contribution is -1.98. The molecule has 0 amide bonds. The van der Waals surface area contributed by atoms with Gasteiger partial charge in [0.05, 0.1) is 22.4 Å². The minimum atomic E-state index is -0.418. The van der Waals surface area contributed by atoms with Crippen LogP contribution in [0.2, 0.25) is 0 Å². The van der Waals surface area contributed by atoms with Gasteiger partial charge in [-0.2, -0.15) is 5.10 Å². The van der Waals surface area contributed by atoms with Gasteiger partial charge in [-0.1, -0.05) is 0 Å². The number of hydrogen-bond acceptors (Lipinski definition) is 5. The Morgan fingerprint density at radius 1 is 1.44 bits per heavy atom. The van der Waals surface area contributed by atoms with Gasteiger partial charge in [-0.25, -0.2) is 4.98 Å². The van der Waals surface area contributed by atoms with Crippen molar-refractivity contribution < 1.29 is 4.92 Å². The van der Waals surface area contributed by atoms with Crippen LogP contribution in [-0.4, -0.2) is 19.7 Å². The van der Waals surface area contributed by atoms with Crippen molar-refractivity contribution in [2.75, 3.05) is 5.32 Å². The average molecular weight is 247 g/mol. The summed E-state index contributed by atoms with van der Waals surface area (Å²) >= 11 is 0. The lowest BCUT2D eigenvalue weighted by molar-refractivity contribution is -0.385. The first-order valence-corrected chi connectivity index (χ1v) is 5.35. The standard InChI is InChI=1S/C11H13N5O2/c1-7-5-12-11(4-10(7)16(17)18)13-9-6-15(3)14-8(9)2/h4-6H,1-3H3,(H,12,13). The molecule has 0 atom stereocenters. The summed E-state index contributed by atoms with van der Waals surface area (Å²) < 4.78 is 1.67. The van der Waals surface area contributed by atoms with E-state index in [1.165, 1.54) is 12.3 Å². The highest BCUT2D eigenvalue weighted by Gasteiger charge is 2.13. The van der Waals surface area contributed by atoms with Crippen LogP contribution in [0.1, 0.15) is 11.3 Å². The van der Waals surface area contributed by atoms with Gasteiger partial charge in [0.2, 0.25) is 0 Å². The van der Waals surface area contributed by atoms with Crippen LogP contribution in [0.5, 0.6) is 0 Å². The number of hydrogen-bond donors (Lipinski definition) is 1. The topological polar surface area (TPSA) is 85.9 Å². The largest absolute Gasteiger partial charge is 0.337 e. The van der Waals surface area contributed by atoms with Crippen LogP contribution >= 0.6 is 0 Å². The summed E-state index contributed by atoms with van der Waals surface area (Å²) in [4.78, 5) is 14.5. The molecule has 2 aromatic rings. The normalized spacial score (nSPS) is 10.4. The van der Waals surface area contributed by atoms with Crippen LogP contribution in [0.15, 0.2) is 18.5 Å². The molecule has 0 bridgehead atoms. The SMILES string of the molecule is Cc1cnc(Nc2cn(C)nc2C)cc1[N+](=O)[O-]. The van der Waals surface area contributed by atoms with Gasteiger partial charge in [-0.05, 0) is 13.8 Å². The van der Waals surface area contributed by atoms with Crippen molar-refractivity contribution in [2.45, 2.75) is 13.8 Å². The fraction of sp³-hybridized carbons (Fsp3) is 0.273. The first kappa shape index (κ1) is 12.0. The first-order valence-electron chi connectivity index (χ1n) is 5.35. The Bertz CT molecular complexity index is 605. The van der Waals surface area contributed by atoms with Crippen molar-refractivity contribution in [1.29, 1.82) is 0 Å². The van der Waals surface area contributed by atoms with Crippen molar-refractivity contribution in [2.24, 2.45) is 7.05 Å². The summed E-state index contributed by atoms with van der Waals surface area (Å²) in [6.07, 6.45) is 3.27. The molecular weight excluding hydrogens is 234 g/mol. The first-order chi connectivity index (χ1) is 8.47. The lowest BCUT2D eigenvalue weighted by atomic mass is 10.2. The van der Waals surface area contributed by atoms with Crippen LogP contribution in [0.25, 0.3) is 0 Å². The second kappa shape index (κ2) is 4.44. The Balaban J connectivity index is 2.32. The molecule has 0 fully saturated rings. The number of nitrogens with one attached hydrogen (secondary N) is 1. The molecule has 2 heterocycles. The highest BCUT2D eigenvalue weighted by Crippen LogP contribution is 2.23. The molecule has 0 aliphatic carbocycles. The summed E-state index contributed by atoms with van der Waals surface area (Å²) in [7, 11) is 1.81. The molecule has 2 rings (SSSR count). The third-order valence-electron chi connectivity index (χ3n) is 2.55. The number of pyridine rings is 1. The molecular formula is C11H13N5O2. The maximum absolute atomic E-state index is 10.8. The van der Waals surface area contributed by atoms with E-state index >= 15 is 0 Å². The van der Waals surface area contributed by atoms with Crippen LogP contribution in [0, 0.1) is 24.0 Å². The Kier molecular flexibility index (Phi) is 2.97. The molecule has 2 aromatic heterocycles. The second-order valence-corrected chi connectivity index (χ2v) is 4.04. The van der Waals surface area contributed by atoms with Crippen molar-refractivity contribution in [1.82, 2.24) is 14.8 Å². The van der Waals surface area contributed by atoms with Crippen molar-refractivity contribution in [3.63, 3.8) is 0 Å². The quantitative estimate of drug-likeness (QED) is 0.663. The summed E-state index contributed by atoms with van der Waals surface area (Å²) in [5.74, 6) is 0.434. The number of rotatable bonds is 3. The number of aromatic nitrogens is 3. The minimum Gasteiger partial charge on any atom is -0.337 e. The van der Waals surface area contributed by atoms with Crippen molar-refractivity contribution in [3.05, 3.63) is 39.8 Å². The molecule has 0 aromatic carbocycles. The van der Waals surface area contributed by atoms with Gasteiger partial charge >= 0.3 is 0 Å². The number of nitro groups is 1. The summed E-state index contributed by atoms with van der Waals surface area (Å²) in [6, 6.07) is 1.42. The van der Waals surface area contributed by atoms with E-state index in [0.29, 0.717) is 11.4 Å². The fourth-order valence-electron chi connectivity index (χ4n) is 1.64. The van der Waals surface area contributed by atoms with E-state index in [4.69, 9.17) is 0 Å². The summed E-state index contributed by atoms with van der Waals surface area (Å²) in [6.45, 7) is 3.51. The smallest absolute Gasteiger partial charge is 0.277 e. The van der Waals surface area contributed by atoms with Gasteiger partial charge < -0.3 is 5.32 Å². The van der Waals surface area contributed by atoms with Gasteiger partial charge in [0.1, 0.15) is 5.82 Å². The molecule has 0 aliphatic rings. The fourth-order valence-corrected chi connectivity index (χ4v) is 1.64. The zero-order valence-electron chi connectivity index (χ0n) is 10.3. The highest BCUT2D eigenvalue weighted by molar-refractivity contribution is 5.60. The number of nitrogens with zero attached hydrogens (tertiary/aromatic N) is 4. The van der Waals surface area contributed by atoms with Gasteiger partial charge in [0.25, 0.3) is 5.69 Å². The molecule has 0 spiro atoms. The predicted octanol–water partition coefficient (Wildman–Crippen LogP) is 2.08. The molecule has 0 saturated carbocycles. The predicted molar refractivity (Wildman–Crippen MR) is 66.9 cm³/mol. The zero-order valence-corrected chi connectivity index (χ0v) is 10.3. The zero-order chi connectivity index (χ0) is 13.3. The van der Waals surface area contributed by atoms with Crippen LogP contribution in [-0.2, 0) is 7.05 Å². The van der Waals surface area contributed by atoms with Crippen LogP contribution in [0.4, 0.5) is 17.2 Å². The molecule has 0 radical (unpaired) electrons.